The second-order valence-corrected chi connectivity index (χ2v) is 9.68. The standard InChI is InChI=1S/C25H27N5O3S/c1-17-3-2-4-20-23(17)27-25(34-20)29-15-13-28(14-16-29)12-11-26-24(33)18-5-7-19(8-6-18)30-21(31)9-10-22(30)32/h2-8H,9-16H2,1H3,(H,26,33). The molecule has 3 amide bonds. The molecule has 3 heterocycles. The number of hydrogen-bond donors (Lipinski definition) is 1. The van der Waals surface area contributed by atoms with Crippen LogP contribution in [0.25, 0.3) is 10.2 Å². The Labute approximate surface area is 202 Å². The van der Waals surface area contributed by atoms with Gasteiger partial charge >= 0.3 is 0 Å². The van der Waals surface area contributed by atoms with Gasteiger partial charge in [-0.3, -0.25) is 24.2 Å². The maximum absolute atomic E-state index is 12.5. The summed E-state index contributed by atoms with van der Waals surface area (Å²) in [6.45, 7) is 7.14. The van der Waals surface area contributed by atoms with E-state index < -0.39 is 0 Å². The molecule has 8 nitrogen and oxygen atoms in total. The number of piperazine rings is 1. The Morgan fingerprint density at radius 1 is 1.00 bits per heavy atom. The average Bonchev–Trinajstić information content (AvgIpc) is 3.43. The molecule has 3 aromatic rings. The van der Waals surface area contributed by atoms with Crippen LogP contribution in [0.4, 0.5) is 10.8 Å². The van der Waals surface area contributed by atoms with E-state index in [0.717, 1.165) is 43.4 Å². The highest BCUT2D eigenvalue weighted by atomic mass is 32.1. The van der Waals surface area contributed by atoms with Crippen molar-refractivity contribution in [2.75, 3.05) is 49.1 Å². The highest BCUT2D eigenvalue weighted by Crippen LogP contribution is 2.31. The van der Waals surface area contributed by atoms with Crippen molar-refractivity contribution in [1.82, 2.24) is 15.2 Å². The third-order valence-electron chi connectivity index (χ3n) is 6.41. The summed E-state index contributed by atoms with van der Waals surface area (Å²) in [5.74, 6) is -0.546. The zero-order chi connectivity index (χ0) is 23.7. The largest absolute Gasteiger partial charge is 0.351 e. The first-order valence-electron chi connectivity index (χ1n) is 11.6. The van der Waals surface area contributed by atoms with Crippen LogP contribution in [0, 0.1) is 6.92 Å². The van der Waals surface area contributed by atoms with Gasteiger partial charge in [-0.2, -0.15) is 0 Å². The number of aromatic nitrogens is 1. The zero-order valence-electron chi connectivity index (χ0n) is 19.1. The molecule has 0 aliphatic carbocycles. The van der Waals surface area contributed by atoms with E-state index in [1.165, 1.54) is 15.2 Å². The number of imide groups is 1. The van der Waals surface area contributed by atoms with Crippen molar-refractivity contribution in [3.8, 4) is 0 Å². The van der Waals surface area contributed by atoms with E-state index in [2.05, 4.69) is 40.2 Å². The summed E-state index contributed by atoms with van der Waals surface area (Å²) in [7, 11) is 0. The van der Waals surface area contributed by atoms with Crippen LogP contribution in [0.3, 0.4) is 0 Å². The van der Waals surface area contributed by atoms with Crippen molar-refractivity contribution in [2.24, 2.45) is 0 Å². The summed E-state index contributed by atoms with van der Waals surface area (Å²) < 4.78 is 1.23. The van der Waals surface area contributed by atoms with Crippen molar-refractivity contribution >= 4 is 50.1 Å². The molecule has 1 aromatic heterocycles. The highest BCUT2D eigenvalue weighted by Gasteiger charge is 2.30. The summed E-state index contributed by atoms with van der Waals surface area (Å²) in [4.78, 5) is 47.0. The van der Waals surface area contributed by atoms with Gasteiger partial charge in [-0.25, -0.2) is 4.98 Å². The summed E-state index contributed by atoms with van der Waals surface area (Å²) >= 11 is 1.75. The van der Waals surface area contributed by atoms with Crippen LogP contribution in [0.2, 0.25) is 0 Å². The van der Waals surface area contributed by atoms with Gasteiger partial charge in [0.15, 0.2) is 5.13 Å². The Morgan fingerprint density at radius 3 is 2.38 bits per heavy atom. The van der Waals surface area contributed by atoms with E-state index in [4.69, 9.17) is 4.98 Å². The number of rotatable bonds is 6. The van der Waals surface area contributed by atoms with E-state index >= 15 is 0 Å². The third-order valence-corrected chi connectivity index (χ3v) is 7.49. The van der Waals surface area contributed by atoms with Gasteiger partial charge in [0.1, 0.15) is 0 Å². The Kier molecular flexibility index (Phi) is 6.30. The fourth-order valence-electron chi connectivity index (χ4n) is 4.43. The monoisotopic (exact) mass is 477 g/mol. The number of benzene rings is 2. The molecular weight excluding hydrogens is 450 g/mol. The van der Waals surface area contributed by atoms with Crippen molar-refractivity contribution < 1.29 is 14.4 Å². The lowest BCUT2D eigenvalue weighted by molar-refractivity contribution is -0.121. The van der Waals surface area contributed by atoms with Gasteiger partial charge in [-0.1, -0.05) is 23.5 Å². The number of carbonyl (C=O) groups excluding carboxylic acids is 3. The molecule has 34 heavy (non-hydrogen) atoms. The lowest BCUT2D eigenvalue weighted by Gasteiger charge is -2.34. The number of fused-ring (bicyclic) bond motifs is 1. The van der Waals surface area contributed by atoms with Crippen LogP contribution in [0.1, 0.15) is 28.8 Å². The second-order valence-electron chi connectivity index (χ2n) is 8.67. The van der Waals surface area contributed by atoms with Gasteiger partial charge in [-0.15, -0.1) is 0 Å². The number of para-hydroxylation sites is 1. The molecule has 0 saturated carbocycles. The molecular formula is C25H27N5O3S. The van der Waals surface area contributed by atoms with Gasteiger partial charge in [0.2, 0.25) is 11.8 Å². The summed E-state index contributed by atoms with van der Waals surface area (Å²) in [5, 5.41) is 4.05. The summed E-state index contributed by atoms with van der Waals surface area (Å²) in [6, 6.07) is 12.9. The van der Waals surface area contributed by atoms with Crippen LogP contribution in [-0.2, 0) is 9.59 Å². The predicted octanol–water partition coefficient (Wildman–Crippen LogP) is 2.81. The predicted molar refractivity (Wildman–Crippen MR) is 134 cm³/mol. The topological polar surface area (TPSA) is 85.9 Å². The van der Waals surface area contributed by atoms with Gasteiger partial charge in [0, 0.05) is 57.7 Å². The summed E-state index contributed by atoms with van der Waals surface area (Å²) in [6.07, 6.45) is 0.491. The molecule has 9 heteroatoms. The fraction of sp³-hybridized carbons (Fsp3) is 0.360. The van der Waals surface area contributed by atoms with Crippen LogP contribution in [0.15, 0.2) is 42.5 Å². The Bertz CT molecular complexity index is 1220. The van der Waals surface area contributed by atoms with Crippen molar-refractivity contribution in [3.63, 3.8) is 0 Å². The molecule has 5 rings (SSSR count). The number of aryl methyl sites for hydroxylation is 1. The molecule has 1 N–H and O–H groups in total. The maximum atomic E-state index is 12.5. The van der Waals surface area contributed by atoms with Crippen molar-refractivity contribution in [1.29, 1.82) is 0 Å². The SMILES string of the molecule is Cc1cccc2sc(N3CCN(CCNC(=O)c4ccc(N5C(=O)CCC5=O)cc4)CC3)nc12. The van der Waals surface area contributed by atoms with Crippen LogP contribution in [0.5, 0.6) is 0 Å². The lowest BCUT2D eigenvalue weighted by atomic mass is 10.2. The Morgan fingerprint density at radius 2 is 1.71 bits per heavy atom. The first-order valence-corrected chi connectivity index (χ1v) is 12.4. The number of thiazole rings is 1. The van der Waals surface area contributed by atoms with Crippen molar-refractivity contribution in [3.05, 3.63) is 53.6 Å². The number of anilines is 2. The zero-order valence-corrected chi connectivity index (χ0v) is 19.9. The van der Waals surface area contributed by atoms with Gasteiger partial charge < -0.3 is 10.2 Å². The molecule has 0 unspecified atom stereocenters. The molecule has 2 aliphatic heterocycles. The third kappa shape index (κ3) is 4.53. The number of amides is 3. The number of hydrogen-bond acceptors (Lipinski definition) is 7. The van der Waals surface area contributed by atoms with E-state index in [0.29, 0.717) is 17.8 Å². The highest BCUT2D eigenvalue weighted by molar-refractivity contribution is 7.22. The first kappa shape index (κ1) is 22.5. The van der Waals surface area contributed by atoms with E-state index in [1.807, 2.05) is 0 Å². The van der Waals surface area contributed by atoms with Gasteiger partial charge in [0.05, 0.1) is 15.9 Å². The smallest absolute Gasteiger partial charge is 0.251 e. The molecule has 0 atom stereocenters. The van der Waals surface area contributed by atoms with Gasteiger partial charge in [0.25, 0.3) is 5.91 Å². The minimum absolute atomic E-state index is 0.158. The molecule has 0 spiro atoms. The van der Waals surface area contributed by atoms with E-state index in [1.54, 1.807) is 35.6 Å². The molecule has 0 radical (unpaired) electrons. The Balaban J connectivity index is 1.08. The van der Waals surface area contributed by atoms with Crippen LogP contribution < -0.4 is 15.1 Å². The molecule has 2 aliphatic rings. The summed E-state index contributed by atoms with van der Waals surface area (Å²) in [5.41, 5.74) is 3.34. The van der Waals surface area contributed by atoms with Crippen LogP contribution in [-0.4, -0.2) is 66.9 Å². The fourth-order valence-corrected chi connectivity index (χ4v) is 5.52. The molecule has 0 bridgehead atoms. The molecule has 2 fully saturated rings. The minimum Gasteiger partial charge on any atom is -0.351 e. The molecule has 2 saturated heterocycles. The average molecular weight is 478 g/mol. The van der Waals surface area contributed by atoms with E-state index in [9.17, 15) is 14.4 Å². The normalized spacial score (nSPS) is 17.1. The van der Waals surface area contributed by atoms with Gasteiger partial charge in [-0.05, 0) is 42.8 Å². The quantitative estimate of drug-likeness (QED) is 0.550. The Hall–Kier alpha value is -3.30. The number of nitrogens with one attached hydrogen (secondary N) is 1. The van der Waals surface area contributed by atoms with Crippen molar-refractivity contribution in [2.45, 2.75) is 19.8 Å². The maximum Gasteiger partial charge on any atom is 0.251 e. The number of nitrogens with zero attached hydrogens (tertiary/aromatic N) is 4. The number of carbonyl (C=O) groups is 3. The van der Waals surface area contributed by atoms with Crippen LogP contribution >= 0.6 is 11.3 Å². The molecule has 176 valence electrons. The second kappa shape index (κ2) is 9.52. The minimum atomic E-state index is -0.194. The first-order chi connectivity index (χ1) is 16.5. The van der Waals surface area contributed by atoms with E-state index in [-0.39, 0.29) is 30.6 Å². The molecule has 2 aromatic carbocycles. The lowest BCUT2D eigenvalue weighted by Crippen LogP contribution is -2.48.